The molecule has 1 heterocycles. The molecule has 19 heavy (non-hydrogen) atoms. The Hall–Kier alpha value is -1.73. The van der Waals surface area contributed by atoms with Crippen molar-refractivity contribution in [2.75, 3.05) is 38.6 Å². The molecular formula is C15H21N3O. The van der Waals surface area contributed by atoms with E-state index in [-0.39, 0.29) is 0 Å². The van der Waals surface area contributed by atoms with E-state index in [0.717, 1.165) is 30.9 Å². The normalized spacial score (nSPS) is 15.2. The van der Waals surface area contributed by atoms with E-state index < -0.39 is 0 Å². The first kappa shape index (κ1) is 13.7. The van der Waals surface area contributed by atoms with E-state index in [1.807, 2.05) is 18.2 Å². The first-order chi connectivity index (χ1) is 9.35. The van der Waals surface area contributed by atoms with Gasteiger partial charge >= 0.3 is 0 Å². The molecule has 0 atom stereocenters. The minimum atomic E-state index is 0.639. The van der Waals surface area contributed by atoms with Gasteiger partial charge in [-0.2, -0.15) is 5.26 Å². The van der Waals surface area contributed by atoms with Gasteiger partial charge in [0.05, 0.1) is 18.4 Å². The number of anilines is 1. The van der Waals surface area contributed by atoms with E-state index in [0.29, 0.717) is 5.56 Å². The van der Waals surface area contributed by atoms with E-state index in [4.69, 9.17) is 10.00 Å². The maximum absolute atomic E-state index is 9.11. The lowest BCUT2D eigenvalue weighted by Crippen LogP contribution is -2.22. The lowest BCUT2D eigenvalue weighted by atomic mass is 10.1. The van der Waals surface area contributed by atoms with Crippen LogP contribution in [0, 0.1) is 11.3 Å². The maximum atomic E-state index is 9.11. The van der Waals surface area contributed by atoms with Gasteiger partial charge in [-0.3, -0.25) is 0 Å². The van der Waals surface area contributed by atoms with Crippen molar-refractivity contribution in [2.24, 2.45) is 0 Å². The summed E-state index contributed by atoms with van der Waals surface area (Å²) in [6, 6.07) is 7.73. The Morgan fingerprint density at radius 3 is 2.84 bits per heavy atom. The van der Waals surface area contributed by atoms with Crippen LogP contribution in [0.5, 0.6) is 5.75 Å². The molecule has 0 unspecified atom stereocenters. The summed E-state index contributed by atoms with van der Waals surface area (Å²) < 4.78 is 5.29. The molecule has 2 rings (SSSR count). The molecule has 0 spiro atoms. The molecule has 1 aliphatic rings. The smallest absolute Gasteiger partial charge is 0.143 e. The average molecular weight is 259 g/mol. The highest BCUT2D eigenvalue weighted by molar-refractivity contribution is 5.66. The molecule has 1 fully saturated rings. The standard InChI is InChI=1S/C15H21N3O/c1-19-14-7-4-6-13(12-16)15(14)17-8-5-11-18-9-2-3-10-18/h4,6-7,17H,2-3,5,8-11H2,1H3. The largest absolute Gasteiger partial charge is 0.495 e. The molecule has 0 bridgehead atoms. The van der Waals surface area contributed by atoms with Crippen molar-refractivity contribution >= 4 is 5.69 Å². The average Bonchev–Trinajstić information content (AvgIpc) is 2.96. The molecule has 4 heteroatoms. The van der Waals surface area contributed by atoms with E-state index >= 15 is 0 Å². The van der Waals surface area contributed by atoms with Crippen LogP contribution in [-0.4, -0.2) is 38.2 Å². The summed E-state index contributed by atoms with van der Waals surface area (Å²) in [5, 5.41) is 12.4. The van der Waals surface area contributed by atoms with Crippen molar-refractivity contribution in [1.82, 2.24) is 4.90 Å². The van der Waals surface area contributed by atoms with Crippen LogP contribution >= 0.6 is 0 Å². The van der Waals surface area contributed by atoms with Gasteiger partial charge in [-0.15, -0.1) is 0 Å². The molecule has 102 valence electrons. The van der Waals surface area contributed by atoms with Crippen LogP contribution in [0.2, 0.25) is 0 Å². The van der Waals surface area contributed by atoms with Gasteiger partial charge in [0.2, 0.25) is 0 Å². The van der Waals surface area contributed by atoms with Crippen molar-refractivity contribution in [2.45, 2.75) is 19.3 Å². The summed E-state index contributed by atoms with van der Waals surface area (Å²) in [7, 11) is 1.63. The molecule has 0 aliphatic carbocycles. The van der Waals surface area contributed by atoms with Crippen LogP contribution in [0.25, 0.3) is 0 Å². The number of rotatable bonds is 6. The second-order valence-electron chi connectivity index (χ2n) is 4.82. The molecule has 0 saturated carbocycles. The summed E-state index contributed by atoms with van der Waals surface area (Å²) in [5.74, 6) is 0.736. The number of ether oxygens (including phenoxy) is 1. The topological polar surface area (TPSA) is 48.3 Å². The number of hydrogen-bond acceptors (Lipinski definition) is 4. The number of nitrogens with one attached hydrogen (secondary N) is 1. The molecular weight excluding hydrogens is 238 g/mol. The van der Waals surface area contributed by atoms with Crippen LogP contribution < -0.4 is 10.1 Å². The van der Waals surface area contributed by atoms with Crippen LogP contribution in [0.1, 0.15) is 24.8 Å². The van der Waals surface area contributed by atoms with Gasteiger partial charge in [-0.25, -0.2) is 0 Å². The molecule has 1 aliphatic heterocycles. The lowest BCUT2D eigenvalue weighted by molar-refractivity contribution is 0.337. The van der Waals surface area contributed by atoms with Crippen molar-refractivity contribution in [3.63, 3.8) is 0 Å². The van der Waals surface area contributed by atoms with Crippen molar-refractivity contribution in [3.05, 3.63) is 23.8 Å². The highest BCUT2D eigenvalue weighted by Crippen LogP contribution is 2.27. The van der Waals surface area contributed by atoms with Gasteiger partial charge < -0.3 is 15.0 Å². The van der Waals surface area contributed by atoms with Crippen LogP contribution in [0.15, 0.2) is 18.2 Å². The lowest BCUT2D eigenvalue weighted by Gasteiger charge is -2.16. The van der Waals surface area contributed by atoms with Gasteiger partial charge in [0, 0.05) is 6.54 Å². The summed E-state index contributed by atoms with van der Waals surface area (Å²) in [6.45, 7) is 4.46. The predicted octanol–water partition coefficient (Wildman–Crippen LogP) is 2.46. The molecule has 0 amide bonds. The third-order valence-corrected chi connectivity index (χ3v) is 3.52. The third kappa shape index (κ3) is 3.62. The zero-order valence-corrected chi connectivity index (χ0v) is 11.5. The Balaban J connectivity index is 1.86. The molecule has 0 radical (unpaired) electrons. The van der Waals surface area contributed by atoms with E-state index in [1.54, 1.807) is 7.11 Å². The second kappa shape index (κ2) is 7.01. The number of nitrogens with zero attached hydrogens (tertiary/aromatic N) is 2. The number of benzene rings is 1. The fourth-order valence-electron chi connectivity index (χ4n) is 2.50. The fourth-order valence-corrected chi connectivity index (χ4v) is 2.50. The quantitative estimate of drug-likeness (QED) is 0.797. The van der Waals surface area contributed by atoms with Crippen LogP contribution in [-0.2, 0) is 0 Å². The minimum absolute atomic E-state index is 0.639. The molecule has 1 N–H and O–H groups in total. The molecule has 0 aromatic heterocycles. The number of methoxy groups -OCH3 is 1. The third-order valence-electron chi connectivity index (χ3n) is 3.52. The van der Waals surface area contributed by atoms with E-state index in [1.165, 1.54) is 25.9 Å². The molecule has 1 aromatic carbocycles. The number of likely N-dealkylation sites (tertiary alicyclic amines) is 1. The van der Waals surface area contributed by atoms with E-state index in [9.17, 15) is 0 Å². The van der Waals surface area contributed by atoms with Gasteiger partial charge in [0.1, 0.15) is 11.8 Å². The summed E-state index contributed by atoms with van der Waals surface area (Å²) in [5.41, 5.74) is 1.45. The SMILES string of the molecule is COc1cccc(C#N)c1NCCCN1CCCC1. The maximum Gasteiger partial charge on any atom is 0.143 e. The van der Waals surface area contributed by atoms with Crippen LogP contribution in [0.4, 0.5) is 5.69 Å². The highest BCUT2D eigenvalue weighted by atomic mass is 16.5. The molecule has 1 saturated heterocycles. The zero-order valence-electron chi connectivity index (χ0n) is 11.5. The van der Waals surface area contributed by atoms with E-state index in [2.05, 4.69) is 16.3 Å². The Morgan fingerprint density at radius 1 is 1.37 bits per heavy atom. The number of nitriles is 1. The van der Waals surface area contributed by atoms with Gasteiger partial charge in [0.25, 0.3) is 0 Å². The zero-order chi connectivity index (χ0) is 13.5. The Kier molecular flexibility index (Phi) is 5.05. The van der Waals surface area contributed by atoms with Crippen molar-refractivity contribution in [1.29, 1.82) is 5.26 Å². The summed E-state index contributed by atoms with van der Waals surface area (Å²) >= 11 is 0. The molecule has 1 aromatic rings. The fraction of sp³-hybridized carbons (Fsp3) is 0.533. The van der Waals surface area contributed by atoms with Gasteiger partial charge in [-0.1, -0.05) is 6.07 Å². The van der Waals surface area contributed by atoms with Crippen molar-refractivity contribution < 1.29 is 4.74 Å². The predicted molar refractivity (Wildman–Crippen MR) is 76.5 cm³/mol. The van der Waals surface area contributed by atoms with Crippen LogP contribution in [0.3, 0.4) is 0 Å². The number of para-hydroxylation sites is 1. The van der Waals surface area contributed by atoms with Gasteiger partial charge in [0.15, 0.2) is 0 Å². The Bertz CT molecular complexity index is 447. The summed E-state index contributed by atoms with van der Waals surface area (Å²) in [6.07, 6.45) is 3.75. The minimum Gasteiger partial charge on any atom is -0.495 e. The number of hydrogen-bond donors (Lipinski definition) is 1. The second-order valence-corrected chi connectivity index (χ2v) is 4.82. The molecule has 4 nitrogen and oxygen atoms in total. The Labute approximate surface area is 115 Å². The summed E-state index contributed by atoms with van der Waals surface area (Å²) in [4.78, 5) is 2.50. The van der Waals surface area contributed by atoms with Crippen molar-refractivity contribution in [3.8, 4) is 11.8 Å². The highest BCUT2D eigenvalue weighted by Gasteiger charge is 2.11. The first-order valence-corrected chi connectivity index (χ1v) is 6.88. The monoisotopic (exact) mass is 259 g/mol. The Morgan fingerprint density at radius 2 is 2.16 bits per heavy atom. The first-order valence-electron chi connectivity index (χ1n) is 6.88. The van der Waals surface area contributed by atoms with Gasteiger partial charge in [-0.05, 0) is 51.0 Å².